The van der Waals surface area contributed by atoms with Crippen LogP contribution in [0.2, 0.25) is 0 Å². The molecule has 5 nitrogen and oxygen atoms in total. The lowest BCUT2D eigenvalue weighted by Gasteiger charge is -2.28. The van der Waals surface area contributed by atoms with Crippen molar-refractivity contribution in [2.24, 2.45) is 5.92 Å². The first-order chi connectivity index (χ1) is 9.79. The van der Waals surface area contributed by atoms with Crippen molar-refractivity contribution >= 4 is 5.91 Å². The fourth-order valence-corrected chi connectivity index (χ4v) is 2.74. The van der Waals surface area contributed by atoms with Crippen LogP contribution in [0.4, 0.5) is 0 Å². The summed E-state index contributed by atoms with van der Waals surface area (Å²) >= 11 is 0. The normalized spacial score (nSPS) is 22.6. The molecule has 0 spiro atoms. The maximum Gasteiger partial charge on any atom is 0.237 e. The second-order valence-corrected chi connectivity index (χ2v) is 5.60. The largest absolute Gasteiger partial charge is 0.355 e. The molecule has 112 valence electrons. The number of piperidine rings is 1. The van der Waals surface area contributed by atoms with Crippen molar-refractivity contribution in [3.05, 3.63) is 18.7 Å². The molecule has 0 radical (unpaired) electrons. The van der Waals surface area contributed by atoms with E-state index in [2.05, 4.69) is 27.1 Å². The summed E-state index contributed by atoms with van der Waals surface area (Å²) in [5.74, 6) is 0.874. The standard InChI is InChI=1S/C15H26N4O/c1-2-13-5-7-17-14(11-13)15(20)18-6-3-4-9-19-10-8-16-12-19/h8,10,12-14,17H,2-7,9,11H2,1H3,(H,18,20). The molecule has 1 aliphatic heterocycles. The highest BCUT2D eigenvalue weighted by molar-refractivity contribution is 5.81. The number of carbonyl (C=O) groups is 1. The molecule has 2 atom stereocenters. The van der Waals surface area contributed by atoms with Crippen LogP contribution in [0.15, 0.2) is 18.7 Å². The first-order valence-corrected chi connectivity index (χ1v) is 7.76. The van der Waals surface area contributed by atoms with E-state index in [0.717, 1.165) is 38.9 Å². The van der Waals surface area contributed by atoms with Gasteiger partial charge in [0.2, 0.25) is 5.91 Å². The van der Waals surface area contributed by atoms with Gasteiger partial charge in [-0.15, -0.1) is 0 Å². The Bertz CT molecular complexity index is 391. The zero-order chi connectivity index (χ0) is 14.2. The summed E-state index contributed by atoms with van der Waals surface area (Å²) in [5.41, 5.74) is 0. The monoisotopic (exact) mass is 278 g/mol. The first-order valence-electron chi connectivity index (χ1n) is 7.76. The topological polar surface area (TPSA) is 59.0 Å². The van der Waals surface area contributed by atoms with Gasteiger partial charge in [-0.2, -0.15) is 0 Å². The quantitative estimate of drug-likeness (QED) is 0.744. The van der Waals surface area contributed by atoms with Gasteiger partial charge in [-0.1, -0.05) is 13.3 Å². The Morgan fingerprint density at radius 3 is 3.15 bits per heavy atom. The highest BCUT2D eigenvalue weighted by atomic mass is 16.2. The smallest absolute Gasteiger partial charge is 0.237 e. The number of carbonyl (C=O) groups excluding carboxylic acids is 1. The maximum atomic E-state index is 12.1. The molecule has 2 unspecified atom stereocenters. The number of imidazole rings is 1. The summed E-state index contributed by atoms with van der Waals surface area (Å²) in [6, 6.07) is 0.0161. The molecular formula is C15H26N4O. The maximum absolute atomic E-state index is 12.1. The number of aromatic nitrogens is 2. The average molecular weight is 278 g/mol. The summed E-state index contributed by atoms with van der Waals surface area (Å²) in [6.45, 7) is 4.91. The van der Waals surface area contributed by atoms with Crippen molar-refractivity contribution in [3.63, 3.8) is 0 Å². The molecule has 0 saturated carbocycles. The van der Waals surface area contributed by atoms with Gasteiger partial charge in [0.15, 0.2) is 0 Å². The zero-order valence-corrected chi connectivity index (χ0v) is 12.3. The van der Waals surface area contributed by atoms with Gasteiger partial charge in [0.1, 0.15) is 0 Å². The van der Waals surface area contributed by atoms with Crippen LogP contribution in [0.3, 0.4) is 0 Å². The van der Waals surface area contributed by atoms with Crippen LogP contribution >= 0.6 is 0 Å². The van der Waals surface area contributed by atoms with E-state index < -0.39 is 0 Å². The Morgan fingerprint density at radius 2 is 2.40 bits per heavy atom. The molecule has 0 aliphatic carbocycles. The molecule has 0 bridgehead atoms. The molecule has 1 aromatic rings. The van der Waals surface area contributed by atoms with Gasteiger partial charge in [0.25, 0.3) is 0 Å². The molecule has 2 rings (SSSR count). The van der Waals surface area contributed by atoms with Crippen LogP contribution in [-0.4, -0.2) is 34.6 Å². The minimum absolute atomic E-state index is 0.0161. The molecule has 2 heterocycles. The minimum atomic E-state index is 0.0161. The van der Waals surface area contributed by atoms with Crippen LogP contribution in [0.25, 0.3) is 0 Å². The van der Waals surface area contributed by atoms with Gasteiger partial charge in [-0.3, -0.25) is 4.79 Å². The Hall–Kier alpha value is -1.36. The van der Waals surface area contributed by atoms with Gasteiger partial charge in [0.05, 0.1) is 12.4 Å². The number of aryl methyl sites for hydroxylation is 1. The van der Waals surface area contributed by atoms with E-state index in [0.29, 0.717) is 5.92 Å². The summed E-state index contributed by atoms with van der Waals surface area (Å²) in [4.78, 5) is 16.1. The van der Waals surface area contributed by atoms with Crippen molar-refractivity contribution in [3.8, 4) is 0 Å². The SMILES string of the molecule is CCC1CCNC(C(=O)NCCCCn2ccnc2)C1. The molecule has 2 N–H and O–H groups in total. The molecule has 1 saturated heterocycles. The lowest BCUT2D eigenvalue weighted by molar-refractivity contribution is -0.124. The van der Waals surface area contributed by atoms with Crippen LogP contribution in [0, 0.1) is 5.92 Å². The molecule has 5 heteroatoms. The minimum Gasteiger partial charge on any atom is -0.355 e. The summed E-state index contributed by atoms with van der Waals surface area (Å²) in [5, 5.41) is 6.37. The number of nitrogens with zero attached hydrogens (tertiary/aromatic N) is 2. The number of hydrogen-bond donors (Lipinski definition) is 2. The highest BCUT2D eigenvalue weighted by Gasteiger charge is 2.25. The van der Waals surface area contributed by atoms with Crippen LogP contribution < -0.4 is 10.6 Å². The number of nitrogens with one attached hydrogen (secondary N) is 2. The van der Waals surface area contributed by atoms with E-state index in [4.69, 9.17) is 0 Å². The first kappa shape index (κ1) is 15.0. The second-order valence-electron chi connectivity index (χ2n) is 5.60. The predicted octanol–water partition coefficient (Wildman–Crippen LogP) is 1.56. The van der Waals surface area contributed by atoms with Gasteiger partial charge in [-0.25, -0.2) is 4.98 Å². The van der Waals surface area contributed by atoms with Gasteiger partial charge < -0.3 is 15.2 Å². The van der Waals surface area contributed by atoms with Gasteiger partial charge in [-0.05, 0) is 38.1 Å². The Balaban J connectivity index is 1.57. The third kappa shape index (κ3) is 4.63. The van der Waals surface area contributed by atoms with Crippen molar-refractivity contribution < 1.29 is 4.79 Å². The molecule has 1 amide bonds. The third-order valence-corrected chi connectivity index (χ3v) is 4.11. The van der Waals surface area contributed by atoms with Crippen molar-refractivity contribution in [1.29, 1.82) is 0 Å². The van der Waals surface area contributed by atoms with Crippen molar-refractivity contribution in [2.75, 3.05) is 13.1 Å². The lowest BCUT2D eigenvalue weighted by Crippen LogP contribution is -2.48. The summed E-state index contributed by atoms with van der Waals surface area (Å²) in [7, 11) is 0. The number of amides is 1. The Labute approximate surface area is 121 Å². The second kappa shape index (κ2) is 8.04. The molecule has 1 aliphatic rings. The van der Waals surface area contributed by atoms with E-state index in [1.807, 2.05) is 12.5 Å². The fraction of sp³-hybridized carbons (Fsp3) is 0.733. The number of unbranched alkanes of at least 4 members (excludes halogenated alkanes) is 1. The van der Waals surface area contributed by atoms with Crippen LogP contribution in [-0.2, 0) is 11.3 Å². The molecule has 20 heavy (non-hydrogen) atoms. The highest BCUT2D eigenvalue weighted by Crippen LogP contribution is 2.19. The van der Waals surface area contributed by atoms with Gasteiger partial charge >= 0.3 is 0 Å². The van der Waals surface area contributed by atoms with Crippen LogP contribution in [0.1, 0.15) is 39.0 Å². The lowest BCUT2D eigenvalue weighted by atomic mass is 9.90. The van der Waals surface area contributed by atoms with Crippen molar-refractivity contribution in [1.82, 2.24) is 20.2 Å². The molecular weight excluding hydrogens is 252 g/mol. The average Bonchev–Trinajstić information content (AvgIpc) is 3.00. The predicted molar refractivity (Wildman–Crippen MR) is 79.3 cm³/mol. The zero-order valence-electron chi connectivity index (χ0n) is 12.3. The number of hydrogen-bond acceptors (Lipinski definition) is 3. The van der Waals surface area contributed by atoms with Gasteiger partial charge in [0, 0.05) is 25.5 Å². The molecule has 0 aromatic carbocycles. The Morgan fingerprint density at radius 1 is 1.50 bits per heavy atom. The van der Waals surface area contributed by atoms with E-state index in [9.17, 15) is 4.79 Å². The van der Waals surface area contributed by atoms with Crippen molar-refractivity contribution in [2.45, 2.75) is 51.6 Å². The number of rotatable bonds is 7. The third-order valence-electron chi connectivity index (χ3n) is 4.11. The summed E-state index contributed by atoms with van der Waals surface area (Å²) in [6.07, 6.45) is 11.0. The van der Waals surface area contributed by atoms with Crippen LogP contribution in [0.5, 0.6) is 0 Å². The molecule has 1 fully saturated rings. The van der Waals surface area contributed by atoms with E-state index >= 15 is 0 Å². The van der Waals surface area contributed by atoms with E-state index in [1.165, 1.54) is 12.8 Å². The molecule has 1 aromatic heterocycles. The van der Waals surface area contributed by atoms with E-state index in [1.54, 1.807) is 6.20 Å². The summed E-state index contributed by atoms with van der Waals surface area (Å²) < 4.78 is 2.07. The fourth-order valence-electron chi connectivity index (χ4n) is 2.74. The Kier molecular flexibility index (Phi) is 6.05. The van der Waals surface area contributed by atoms with E-state index in [-0.39, 0.29) is 11.9 Å².